The van der Waals surface area contributed by atoms with Crippen LogP contribution in [0, 0.1) is 29.6 Å². The Balaban J connectivity index is 1.35. The van der Waals surface area contributed by atoms with E-state index in [1.54, 1.807) is 11.8 Å². The van der Waals surface area contributed by atoms with Crippen molar-refractivity contribution in [3.63, 3.8) is 0 Å². The molecule has 0 spiro atoms. The van der Waals surface area contributed by atoms with Crippen molar-refractivity contribution in [3.05, 3.63) is 44.4 Å². The van der Waals surface area contributed by atoms with E-state index in [0.29, 0.717) is 0 Å². The minimum atomic E-state index is -0.920. The third-order valence-electron chi connectivity index (χ3n) is 8.97. The summed E-state index contributed by atoms with van der Waals surface area (Å²) in [6.07, 6.45) is 1.08. The van der Waals surface area contributed by atoms with E-state index >= 15 is 0 Å². The van der Waals surface area contributed by atoms with Crippen molar-refractivity contribution >= 4 is 46.6 Å². The summed E-state index contributed by atoms with van der Waals surface area (Å²) in [5.74, 6) is -1.49. The summed E-state index contributed by atoms with van der Waals surface area (Å²) in [7, 11) is 0. The first kappa shape index (κ1) is 24.7. The van der Waals surface area contributed by atoms with Gasteiger partial charge >= 0.3 is 10.8 Å². The summed E-state index contributed by atoms with van der Waals surface area (Å²) in [5, 5.41) is 10.1. The third kappa shape index (κ3) is 3.78. The number of aliphatic carboxylic acids is 1. The molecule has 2 saturated carbocycles. The summed E-state index contributed by atoms with van der Waals surface area (Å²) in [4.78, 5) is 58.0. The molecule has 2 aromatic rings. The van der Waals surface area contributed by atoms with Crippen LogP contribution in [-0.2, 0) is 14.4 Å². The van der Waals surface area contributed by atoms with Gasteiger partial charge in [0, 0.05) is 47.8 Å². The fourth-order valence-electron chi connectivity index (χ4n) is 7.54. The lowest BCUT2D eigenvalue weighted by atomic mass is 9.68. The third-order valence-corrected chi connectivity index (χ3v) is 11.6. The Morgan fingerprint density at radius 3 is 2.41 bits per heavy atom. The summed E-state index contributed by atoms with van der Waals surface area (Å²) >= 11 is 2.96. The first-order valence-corrected chi connectivity index (χ1v) is 14.8. The Morgan fingerprint density at radius 2 is 1.76 bits per heavy atom. The van der Waals surface area contributed by atoms with Crippen LogP contribution in [0.2, 0.25) is 0 Å². The molecule has 1 aromatic heterocycles. The van der Waals surface area contributed by atoms with Crippen molar-refractivity contribution in [2.45, 2.75) is 49.3 Å². The Labute approximate surface area is 223 Å². The number of benzene rings is 1. The quantitative estimate of drug-likeness (QED) is 0.491. The Bertz CT molecular complexity index is 1300. The van der Waals surface area contributed by atoms with E-state index in [0.717, 1.165) is 35.0 Å². The predicted molar refractivity (Wildman–Crippen MR) is 142 cm³/mol. The number of carbonyl (C=O) groups is 3. The van der Waals surface area contributed by atoms with Crippen LogP contribution in [-0.4, -0.2) is 57.7 Å². The highest BCUT2D eigenvalue weighted by Gasteiger charge is 2.69. The van der Waals surface area contributed by atoms with Crippen molar-refractivity contribution < 1.29 is 19.5 Å². The van der Waals surface area contributed by atoms with E-state index in [2.05, 4.69) is 48.0 Å². The highest BCUT2D eigenvalue weighted by molar-refractivity contribution is 8.00. The number of hydrogen-bond donors (Lipinski definition) is 2. The van der Waals surface area contributed by atoms with Gasteiger partial charge in [-0.2, -0.15) is 0 Å². The Morgan fingerprint density at radius 1 is 1.08 bits per heavy atom. The molecule has 196 valence electrons. The number of fused-ring (bicyclic) bond motifs is 9. The summed E-state index contributed by atoms with van der Waals surface area (Å²) in [6, 6.07) is 8.64. The fourth-order valence-corrected chi connectivity index (χ4v) is 10.4. The number of carboxylic acids is 1. The molecular formula is C27H31N3O5S2. The number of rotatable bonds is 8. The maximum Gasteiger partial charge on any atom is 0.305 e. The number of aromatic amines is 1. The van der Waals surface area contributed by atoms with E-state index in [-0.39, 0.29) is 76.8 Å². The smallest absolute Gasteiger partial charge is 0.305 e. The Hall–Kier alpha value is -2.59. The minimum absolute atomic E-state index is 0.0101. The van der Waals surface area contributed by atoms with Gasteiger partial charge in [0.25, 0.3) is 0 Å². The second-order valence-electron chi connectivity index (χ2n) is 10.5. The number of likely N-dealkylation sites (tertiary alicyclic amines) is 1. The molecule has 1 aromatic carbocycles. The van der Waals surface area contributed by atoms with Gasteiger partial charge in [-0.05, 0) is 62.1 Å². The molecule has 2 amide bonds. The number of carbonyl (C=O) groups excluding carboxylic acids is 2. The van der Waals surface area contributed by atoms with Gasteiger partial charge in [-0.15, -0.1) is 11.8 Å². The van der Waals surface area contributed by atoms with Crippen LogP contribution >= 0.6 is 23.1 Å². The van der Waals surface area contributed by atoms with Gasteiger partial charge in [0.2, 0.25) is 11.8 Å². The largest absolute Gasteiger partial charge is 0.481 e. The first-order valence-electron chi connectivity index (χ1n) is 13.2. The van der Waals surface area contributed by atoms with Crippen LogP contribution in [0.25, 0.3) is 0 Å². The first-order chi connectivity index (χ1) is 17.8. The topological polar surface area (TPSA) is 111 Å². The molecule has 4 aliphatic rings. The van der Waals surface area contributed by atoms with Gasteiger partial charge in [0.05, 0.1) is 16.9 Å². The lowest BCUT2D eigenvalue weighted by Crippen LogP contribution is -2.42. The average Bonchev–Trinajstić information content (AvgIpc) is 3.60. The molecule has 3 fully saturated rings. The van der Waals surface area contributed by atoms with Crippen LogP contribution < -0.4 is 9.77 Å². The van der Waals surface area contributed by atoms with Crippen molar-refractivity contribution in [2.24, 2.45) is 29.6 Å². The monoisotopic (exact) mass is 541 g/mol. The number of anilines is 1. The second-order valence-corrected chi connectivity index (χ2v) is 12.8. The van der Waals surface area contributed by atoms with Crippen LogP contribution in [0.3, 0.4) is 0 Å². The molecule has 8 nitrogen and oxygen atoms in total. The summed E-state index contributed by atoms with van der Waals surface area (Å²) in [5.41, 5.74) is 2.32. The molecule has 3 heterocycles. The van der Waals surface area contributed by atoms with Crippen molar-refractivity contribution in [1.29, 1.82) is 0 Å². The lowest BCUT2D eigenvalue weighted by molar-refractivity contribution is -0.142. The van der Waals surface area contributed by atoms with Crippen LogP contribution in [0.4, 0.5) is 5.69 Å². The minimum Gasteiger partial charge on any atom is -0.481 e. The molecule has 2 N–H and O–H groups in total. The van der Waals surface area contributed by atoms with E-state index < -0.39 is 5.97 Å². The number of H-pyrrole nitrogens is 1. The molecule has 6 rings (SSSR count). The second kappa shape index (κ2) is 9.31. The van der Waals surface area contributed by atoms with Gasteiger partial charge < -0.3 is 15.0 Å². The summed E-state index contributed by atoms with van der Waals surface area (Å²) in [6.45, 7) is 6.31. The number of aromatic nitrogens is 1. The molecule has 2 bridgehead atoms. The molecule has 10 heteroatoms. The molecule has 1 saturated heterocycles. The van der Waals surface area contributed by atoms with Gasteiger partial charge in [-0.25, -0.2) is 0 Å². The molecule has 0 radical (unpaired) electrons. The maximum absolute atomic E-state index is 13.5. The van der Waals surface area contributed by atoms with Crippen molar-refractivity contribution in [1.82, 2.24) is 9.88 Å². The van der Waals surface area contributed by atoms with Crippen LogP contribution in [0.15, 0.2) is 34.1 Å². The highest BCUT2D eigenvalue weighted by Crippen LogP contribution is 2.68. The zero-order valence-electron chi connectivity index (χ0n) is 20.9. The Kier molecular flexibility index (Phi) is 6.22. The van der Waals surface area contributed by atoms with Crippen LogP contribution in [0.5, 0.6) is 0 Å². The lowest BCUT2D eigenvalue weighted by Gasteiger charge is -2.43. The van der Waals surface area contributed by atoms with Crippen molar-refractivity contribution in [3.8, 4) is 0 Å². The number of amides is 2. The van der Waals surface area contributed by atoms with E-state index in [1.807, 2.05) is 0 Å². The molecule has 2 aliphatic heterocycles. The molecule has 2 aliphatic carbocycles. The highest BCUT2D eigenvalue weighted by atomic mass is 32.2. The standard InChI is InChI=1S/C27H31N3O5S2/c1-3-29(4-2)14-9-7-13(8-10-14)18-19-15-12-16(22(19)36-24-23(18)37-27(35)28-24)21-20(15)25(33)30(26(21)34)11-5-6-17(31)32/h7-10,15-16,18-22H,3-6,11-12H2,1-2H3,(H,28,35)(H,31,32)/t15-,16+,18+,19+,20+,21+,22+/m0/s1. The van der Waals surface area contributed by atoms with E-state index in [9.17, 15) is 19.2 Å². The number of hydrogen-bond acceptors (Lipinski definition) is 7. The predicted octanol–water partition coefficient (Wildman–Crippen LogP) is 3.62. The van der Waals surface area contributed by atoms with E-state index in [4.69, 9.17) is 5.11 Å². The van der Waals surface area contributed by atoms with Gasteiger partial charge in [-0.3, -0.25) is 24.1 Å². The number of carboxylic acid groups (broad SMARTS) is 1. The molecule has 0 unspecified atom stereocenters. The SMILES string of the molecule is CCN(CC)c1ccc([C@H]2c3sc(=O)[nH]c3S[C@@H]3[C@@H]4C[C@H]([C@H]5C(=O)N(CCCC(=O)O)C(=O)[C@H]45)[C@H]23)cc1. The fraction of sp³-hybridized carbons (Fsp3) is 0.556. The number of nitrogens with one attached hydrogen (secondary N) is 1. The normalized spacial score (nSPS) is 31.4. The van der Waals surface area contributed by atoms with Gasteiger partial charge in [0.1, 0.15) is 0 Å². The number of thiazole rings is 1. The maximum atomic E-state index is 13.5. The zero-order valence-corrected chi connectivity index (χ0v) is 22.5. The average molecular weight is 542 g/mol. The van der Waals surface area contributed by atoms with Crippen LogP contribution in [0.1, 0.15) is 49.5 Å². The number of nitrogens with zero attached hydrogens (tertiary/aromatic N) is 2. The molecule has 37 heavy (non-hydrogen) atoms. The summed E-state index contributed by atoms with van der Waals surface area (Å²) < 4.78 is 0. The number of thioether (sulfide) groups is 1. The zero-order chi connectivity index (χ0) is 26.0. The molecular weight excluding hydrogens is 510 g/mol. The van der Waals surface area contributed by atoms with Crippen molar-refractivity contribution in [2.75, 3.05) is 24.5 Å². The number of imide groups is 1. The molecule has 7 atom stereocenters. The van der Waals surface area contributed by atoms with E-state index in [1.165, 1.54) is 21.9 Å². The van der Waals surface area contributed by atoms with Gasteiger partial charge in [-0.1, -0.05) is 23.5 Å². The van der Waals surface area contributed by atoms with Gasteiger partial charge in [0.15, 0.2) is 0 Å².